The third-order valence-corrected chi connectivity index (χ3v) is 3.21. The highest BCUT2D eigenvalue weighted by atomic mass is 32.1. The standard InChI is InChI=1S/C14H21N5S/c1-10(2)9-18(6-4-13(15)20)14-12-8-11(3)17-19(12)7-5-16-14/h5,7-8,10H,4,6,9H2,1-3H3,(H2,15,20). The Morgan fingerprint density at radius 2 is 2.25 bits per heavy atom. The first kappa shape index (κ1) is 14.7. The second-order valence-electron chi connectivity index (χ2n) is 5.42. The number of hydrogen-bond acceptors (Lipinski definition) is 4. The molecule has 0 radical (unpaired) electrons. The summed E-state index contributed by atoms with van der Waals surface area (Å²) in [4.78, 5) is 7.31. The Morgan fingerprint density at radius 1 is 1.50 bits per heavy atom. The van der Waals surface area contributed by atoms with Gasteiger partial charge in [-0.2, -0.15) is 5.10 Å². The molecule has 0 aliphatic rings. The van der Waals surface area contributed by atoms with Crippen LogP contribution in [0.25, 0.3) is 5.52 Å². The molecule has 20 heavy (non-hydrogen) atoms. The number of anilines is 1. The average molecular weight is 291 g/mol. The van der Waals surface area contributed by atoms with Gasteiger partial charge in [-0.15, -0.1) is 0 Å². The molecular formula is C14H21N5S. The van der Waals surface area contributed by atoms with E-state index in [4.69, 9.17) is 18.0 Å². The lowest BCUT2D eigenvalue weighted by atomic mass is 10.2. The molecule has 6 heteroatoms. The van der Waals surface area contributed by atoms with Crippen molar-refractivity contribution >= 4 is 28.5 Å². The van der Waals surface area contributed by atoms with Gasteiger partial charge in [0, 0.05) is 31.9 Å². The third kappa shape index (κ3) is 3.45. The van der Waals surface area contributed by atoms with E-state index >= 15 is 0 Å². The number of nitrogens with zero attached hydrogens (tertiary/aromatic N) is 4. The molecule has 0 saturated heterocycles. The molecular weight excluding hydrogens is 270 g/mol. The largest absolute Gasteiger partial charge is 0.393 e. The minimum absolute atomic E-state index is 0.535. The summed E-state index contributed by atoms with van der Waals surface area (Å²) >= 11 is 4.99. The van der Waals surface area contributed by atoms with E-state index in [0.717, 1.165) is 30.1 Å². The summed E-state index contributed by atoms with van der Waals surface area (Å²) in [5, 5.41) is 4.43. The number of aromatic nitrogens is 3. The fourth-order valence-electron chi connectivity index (χ4n) is 2.24. The van der Waals surface area contributed by atoms with Gasteiger partial charge >= 0.3 is 0 Å². The Morgan fingerprint density at radius 3 is 2.90 bits per heavy atom. The van der Waals surface area contributed by atoms with Gasteiger partial charge in [-0.05, 0) is 18.9 Å². The molecule has 0 bridgehead atoms. The minimum atomic E-state index is 0.535. The summed E-state index contributed by atoms with van der Waals surface area (Å²) in [6.07, 6.45) is 4.34. The van der Waals surface area contributed by atoms with Gasteiger partial charge in [-0.25, -0.2) is 9.50 Å². The van der Waals surface area contributed by atoms with Crippen LogP contribution in [0, 0.1) is 12.8 Å². The molecule has 0 aliphatic carbocycles. The van der Waals surface area contributed by atoms with Crippen LogP contribution < -0.4 is 10.6 Å². The summed E-state index contributed by atoms with van der Waals surface area (Å²) in [5.74, 6) is 1.48. The third-order valence-electron chi connectivity index (χ3n) is 3.00. The normalized spacial score (nSPS) is 11.2. The van der Waals surface area contributed by atoms with Crippen molar-refractivity contribution in [2.45, 2.75) is 27.2 Å². The molecule has 0 aromatic carbocycles. The van der Waals surface area contributed by atoms with Crippen LogP contribution in [0.4, 0.5) is 5.82 Å². The maximum atomic E-state index is 5.63. The highest BCUT2D eigenvalue weighted by molar-refractivity contribution is 7.80. The lowest BCUT2D eigenvalue weighted by Gasteiger charge is -2.25. The van der Waals surface area contributed by atoms with Gasteiger partial charge in [0.15, 0.2) is 5.82 Å². The predicted molar refractivity (Wildman–Crippen MR) is 86.2 cm³/mol. The van der Waals surface area contributed by atoms with Crippen molar-refractivity contribution in [2.75, 3.05) is 18.0 Å². The van der Waals surface area contributed by atoms with Crippen LogP contribution in [0.2, 0.25) is 0 Å². The van der Waals surface area contributed by atoms with Crippen molar-refractivity contribution in [1.29, 1.82) is 0 Å². The molecule has 0 atom stereocenters. The fraction of sp³-hybridized carbons (Fsp3) is 0.500. The number of rotatable bonds is 6. The van der Waals surface area contributed by atoms with Crippen LogP contribution in [0.15, 0.2) is 18.5 Å². The molecule has 2 heterocycles. The van der Waals surface area contributed by atoms with Crippen molar-refractivity contribution in [3.05, 3.63) is 24.2 Å². The topological polar surface area (TPSA) is 59.5 Å². The van der Waals surface area contributed by atoms with Crippen LogP contribution in [0.1, 0.15) is 26.0 Å². The van der Waals surface area contributed by atoms with E-state index in [1.807, 2.05) is 17.6 Å². The first-order valence-corrected chi connectivity index (χ1v) is 7.22. The Kier molecular flexibility index (Phi) is 4.54. The number of fused-ring (bicyclic) bond motifs is 1. The van der Waals surface area contributed by atoms with Crippen LogP contribution >= 0.6 is 12.2 Å². The lowest BCUT2D eigenvalue weighted by molar-refractivity contribution is 0.609. The van der Waals surface area contributed by atoms with E-state index in [0.29, 0.717) is 17.3 Å². The molecule has 0 saturated carbocycles. The SMILES string of the molecule is Cc1cc2c(N(CCC(N)=S)CC(C)C)nccn2n1. The maximum Gasteiger partial charge on any atom is 0.154 e. The molecule has 5 nitrogen and oxygen atoms in total. The molecule has 0 fully saturated rings. The molecule has 2 aromatic heterocycles. The molecule has 108 valence electrons. The maximum absolute atomic E-state index is 5.63. The van der Waals surface area contributed by atoms with E-state index in [-0.39, 0.29) is 0 Å². The molecule has 0 unspecified atom stereocenters. The summed E-state index contributed by atoms with van der Waals surface area (Å²) in [7, 11) is 0. The van der Waals surface area contributed by atoms with Crippen LogP contribution in [0.3, 0.4) is 0 Å². The zero-order chi connectivity index (χ0) is 14.7. The molecule has 0 aliphatic heterocycles. The van der Waals surface area contributed by atoms with Crippen LogP contribution in [0.5, 0.6) is 0 Å². The van der Waals surface area contributed by atoms with Gasteiger partial charge in [0.25, 0.3) is 0 Å². The highest BCUT2D eigenvalue weighted by Gasteiger charge is 2.15. The number of aryl methyl sites for hydroxylation is 1. The van der Waals surface area contributed by atoms with Crippen molar-refractivity contribution < 1.29 is 0 Å². The van der Waals surface area contributed by atoms with Crippen molar-refractivity contribution in [3.63, 3.8) is 0 Å². The molecule has 0 amide bonds. The summed E-state index contributed by atoms with van der Waals surface area (Å²) < 4.78 is 1.87. The van der Waals surface area contributed by atoms with E-state index in [1.165, 1.54) is 0 Å². The minimum Gasteiger partial charge on any atom is -0.393 e. The number of thiocarbonyl (C=S) groups is 1. The lowest BCUT2D eigenvalue weighted by Crippen LogP contribution is -2.32. The molecule has 2 rings (SSSR count). The summed E-state index contributed by atoms with van der Waals surface area (Å²) in [6.45, 7) is 8.06. The monoisotopic (exact) mass is 291 g/mol. The fourth-order valence-corrected chi connectivity index (χ4v) is 2.34. The smallest absolute Gasteiger partial charge is 0.154 e. The molecule has 2 N–H and O–H groups in total. The molecule has 2 aromatic rings. The van der Waals surface area contributed by atoms with Crippen molar-refractivity contribution in [2.24, 2.45) is 11.7 Å². The van der Waals surface area contributed by atoms with E-state index < -0.39 is 0 Å². The van der Waals surface area contributed by atoms with Gasteiger partial charge in [0.2, 0.25) is 0 Å². The zero-order valence-electron chi connectivity index (χ0n) is 12.2. The summed E-state index contributed by atoms with van der Waals surface area (Å²) in [6, 6.07) is 2.05. The van der Waals surface area contributed by atoms with Gasteiger partial charge in [-0.1, -0.05) is 26.1 Å². The predicted octanol–water partition coefficient (Wildman–Crippen LogP) is 2.18. The van der Waals surface area contributed by atoms with Gasteiger partial charge < -0.3 is 10.6 Å². The molecule has 0 spiro atoms. The van der Waals surface area contributed by atoms with Gasteiger partial charge in [-0.3, -0.25) is 0 Å². The highest BCUT2D eigenvalue weighted by Crippen LogP contribution is 2.20. The first-order valence-electron chi connectivity index (χ1n) is 6.81. The Labute approximate surface area is 124 Å². The van der Waals surface area contributed by atoms with Gasteiger partial charge in [0.05, 0.1) is 10.7 Å². The quantitative estimate of drug-likeness (QED) is 0.827. The van der Waals surface area contributed by atoms with E-state index in [1.54, 1.807) is 6.20 Å². The average Bonchev–Trinajstić information content (AvgIpc) is 2.73. The summed E-state index contributed by atoms with van der Waals surface area (Å²) in [5.41, 5.74) is 7.64. The number of hydrogen-bond donors (Lipinski definition) is 1. The van der Waals surface area contributed by atoms with E-state index in [2.05, 4.69) is 34.9 Å². The second-order valence-corrected chi connectivity index (χ2v) is 5.95. The second kappa shape index (κ2) is 6.17. The first-order chi connectivity index (χ1) is 9.47. The van der Waals surface area contributed by atoms with Crippen LogP contribution in [-0.2, 0) is 0 Å². The number of nitrogens with two attached hydrogens (primary N) is 1. The Bertz CT molecular complexity index is 605. The van der Waals surface area contributed by atoms with Crippen molar-refractivity contribution in [1.82, 2.24) is 14.6 Å². The van der Waals surface area contributed by atoms with Gasteiger partial charge in [0.1, 0.15) is 5.52 Å². The van der Waals surface area contributed by atoms with Crippen LogP contribution in [-0.4, -0.2) is 32.7 Å². The zero-order valence-corrected chi connectivity index (χ0v) is 13.0. The Balaban J connectivity index is 2.36. The van der Waals surface area contributed by atoms with Crippen molar-refractivity contribution in [3.8, 4) is 0 Å². The Hall–Kier alpha value is -1.69. The van der Waals surface area contributed by atoms with E-state index in [9.17, 15) is 0 Å².